The molecule has 2 unspecified atom stereocenters. The van der Waals surface area contributed by atoms with Crippen LogP contribution in [0, 0.1) is 0 Å². The summed E-state index contributed by atoms with van der Waals surface area (Å²) in [6, 6.07) is 0.484. The summed E-state index contributed by atoms with van der Waals surface area (Å²) in [5.41, 5.74) is 5.14. The first-order chi connectivity index (χ1) is 9.18. The standard InChI is InChI=1S/C13H19N3O2S/c14-11(17)13(16-9-3-4-9)5-1-2-10(8-13)19-12-15-6-7-18-12/h6-7,9-10,16H,1-5,8H2,(H2,14,17). The van der Waals surface area contributed by atoms with E-state index in [1.165, 1.54) is 0 Å². The fourth-order valence-corrected chi connectivity index (χ4v) is 3.95. The first-order valence-electron chi connectivity index (χ1n) is 6.82. The number of aromatic nitrogens is 1. The lowest BCUT2D eigenvalue weighted by molar-refractivity contribution is -0.125. The van der Waals surface area contributed by atoms with Crippen molar-refractivity contribution < 1.29 is 9.21 Å². The van der Waals surface area contributed by atoms with E-state index >= 15 is 0 Å². The van der Waals surface area contributed by atoms with Gasteiger partial charge in [0.1, 0.15) is 6.26 Å². The fourth-order valence-electron chi connectivity index (χ4n) is 2.78. The van der Waals surface area contributed by atoms with Crippen LogP contribution in [0.4, 0.5) is 0 Å². The Labute approximate surface area is 116 Å². The van der Waals surface area contributed by atoms with Gasteiger partial charge in [-0.1, -0.05) is 11.8 Å². The molecule has 0 spiro atoms. The molecular formula is C13H19N3O2S. The second-order valence-electron chi connectivity index (χ2n) is 5.50. The maximum absolute atomic E-state index is 11.9. The Morgan fingerprint density at radius 1 is 1.53 bits per heavy atom. The van der Waals surface area contributed by atoms with Gasteiger partial charge in [-0.25, -0.2) is 4.98 Å². The van der Waals surface area contributed by atoms with E-state index in [1.54, 1.807) is 24.2 Å². The molecule has 2 aliphatic rings. The molecule has 0 aliphatic heterocycles. The highest BCUT2D eigenvalue weighted by molar-refractivity contribution is 7.99. The molecule has 3 rings (SSSR count). The molecule has 2 aliphatic carbocycles. The van der Waals surface area contributed by atoms with E-state index in [2.05, 4.69) is 10.3 Å². The van der Waals surface area contributed by atoms with Crippen molar-refractivity contribution in [2.75, 3.05) is 0 Å². The van der Waals surface area contributed by atoms with Crippen LogP contribution in [0.25, 0.3) is 0 Å². The van der Waals surface area contributed by atoms with Gasteiger partial charge >= 0.3 is 0 Å². The average Bonchev–Trinajstić information content (AvgIpc) is 3.03. The van der Waals surface area contributed by atoms with E-state index in [4.69, 9.17) is 10.2 Å². The van der Waals surface area contributed by atoms with Crippen LogP contribution in [0.1, 0.15) is 38.5 Å². The summed E-state index contributed by atoms with van der Waals surface area (Å²) in [6.45, 7) is 0. The van der Waals surface area contributed by atoms with Crippen LogP contribution in [0.2, 0.25) is 0 Å². The predicted octanol–water partition coefficient (Wildman–Crippen LogP) is 1.69. The summed E-state index contributed by atoms with van der Waals surface area (Å²) in [4.78, 5) is 16.0. The molecule has 0 radical (unpaired) electrons. The molecule has 1 aromatic heterocycles. The number of hydrogen-bond donors (Lipinski definition) is 2. The first kappa shape index (κ1) is 13.0. The van der Waals surface area contributed by atoms with Gasteiger partial charge in [-0.2, -0.15) is 0 Å². The Balaban J connectivity index is 1.68. The third-order valence-electron chi connectivity index (χ3n) is 3.91. The minimum atomic E-state index is -0.524. The van der Waals surface area contributed by atoms with Crippen molar-refractivity contribution in [3.63, 3.8) is 0 Å². The average molecular weight is 281 g/mol. The second kappa shape index (κ2) is 5.17. The Kier molecular flexibility index (Phi) is 3.54. The van der Waals surface area contributed by atoms with Crippen LogP contribution in [-0.2, 0) is 4.79 Å². The van der Waals surface area contributed by atoms with Gasteiger partial charge in [0, 0.05) is 11.3 Å². The van der Waals surface area contributed by atoms with E-state index in [0.29, 0.717) is 16.5 Å². The minimum Gasteiger partial charge on any atom is -0.440 e. The molecular weight excluding hydrogens is 262 g/mol. The second-order valence-corrected chi connectivity index (χ2v) is 6.75. The molecule has 104 valence electrons. The van der Waals surface area contributed by atoms with Gasteiger partial charge in [0.05, 0.1) is 11.7 Å². The lowest BCUT2D eigenvalue weighted by atomic mass is 9.80. The highest BCUT2D eigenvalue weighted by atomic mass is 32.2. The molecule has 1 heterocycles. The lowest BCUT2D eigenvalue weighted by Gasteiger charge is -2.38. The number of hydrogen-bond acceptors (Lipinski definition) is 5. The number of thioether (sulfide) groups is 1. The van der Waals surface area contributed by atoms with Crippen molar-refractivity contribution >= 4 is 17.7 Å². The van der Waals surface area contributed by atoms with Crippen molar-refractivity contribution in [2.45, 2.75) is 60.6 Å². The van der Waals surface area contributed by atoms with Crippen molar-refractivity contribution in [3.05, 3.63) is 12.5 Å². The topological polar surface area (TPSA) is 81.2 Å². The maximum atomic E-state index is 11.9. The quantitative estimate of drug-likeness (QED) is 0.858. The van der Waals surface area contributed by atoms with Gasteiger partial charge in [-0.15, -0.1) is 0 Å². The molecule has 2 atom stereocenters. The molecule has 0 aromatic carbocycles. The zero-order chi connectivity index (χ0) is 13.3. The number of nitrogens with zero attached hydrogens (tertiary/aromatic N) is 1. The maximum Gasteiger partial charge on any atom is 0.255 e. The van der Waals surface area contributed by atoms with Crippen LogP contribution >= 0.6 is 11.8 Å². The summed E-state index contributed by atoms with van der Waals surface area (Å²) in [7, 11) is 0. The molecule has 3 N–H and O–H groups in total. The van der Waals surface area contributed by atoms with Crippen LogP contribution in [0.5, 0.6) is 0 Å². The van der Waals surface area contributed by atoms with E-state index in [0.717, 1.165) is 38.5 Å². The van der Waals surface area contributed by atoms with Gasteiger partial charge in [-0.05, 0) is 38.5 Å². The van der Waals surface area contributed by atoms with Crippen LogP contribution < -0.4 is 11.1 Å². The Hall–Kier alpha value is -1.01. The third kappa shape index (κ3) is 2.95. The zero-order valence-electron chi connectivity index (χ0n) is 10.8. The largest absolute Gasteiger partial charge is 0.440 e. The number of carbonyl (C=O) groups excluding carboxylic acids is 1. The van der Waals surface area contributed by atoms with Crippen molar-refractivity contribution in [2.24, 2.45) is 5.73 Å². The monoisotopic (exact) mass is 281 g/mol. The van der Waals surface area contributed by atoms with Crippen LogP contribution in [-0.4, -0.2) is 27.7 Å². The van der Waals surface area contributed by atoms with Crippen LogP contribution in [0.15, 0.2) is 22.1 Å². The van der Waals surface area contributed by atoms with E-state index in [9.17, 15) is 4.79 Å². The third-order valence-corrected chi connectivity index (χ3v) is 5.05. The Morgan fingerprint density at radius 2 is 2.37 bits per heavy atom. The number of nitrogens with two attached hydrogens (primary N) is 1. The molecule has 2 saturated carbocycles. The molecule has 2 fully saturated rings. The molecule has 1 amide bonds. The van der Waals surface area contributed by atoms with Gasteiger partial charge in [-0.3, -0.25) is 4.79 Å². The van der Waals surface area contributed by atoms with Crippen molar-refractivity contribution in [1.82, 2.24) is 10.3 Å². The van der Waals surface area contributed by atoms with Crippen LogP contribution in [0.3, 0.4) is 0 Å². The number of rotatable bonds is 5. The van der Waals surface area contributed by atoms with E-state index in [1.807, 2.05) is 0 Å². The fraction of sp³-hybridized carbons (Fsp3) is 0.692. The van der Waals surface area contributed by atoms with E-state index < -0.39 is 5.54 Å². The number of primary amides is 1. The number of carbonyl (C=O) groups is 1. The van der Waals surface area contributed by atoms with Crippen molar-refractivity contribution in [1.29, 1.82) is 0 Å². The number of oxazole rings is 1. The minimum absolute atomic E-state index is 0.211. The smallest absolute Gasteiger partial charge is 0.255 e. The molecule has 19 heavy (non-hydrogen) atoms. The first-order valence-corrected chi connectivity index (χ1v) is 7.70. The van der Waals surface area contributed by atoms with Gasteiger partial charge in [0.25, 0.3) is 5.22 Å². The van der Waals surface area contributed by atoms with Gasteiger partial charge in [0.2, 0.25) is 5.91 Å². The molecule has 0 bridgehead atoms. The summed E-state index contributed by atoms with van der Waals surface area (Å²) in [5.74, 6) is -0.211. The summed E-state index contributed by atoms with van der Waals surface area (Å²) in [6.07, 6.45) is 9.26. The van der Waals surface area contributed by atoms with Gasteiger partial charge in [0.15, 0.2) is 0 Å². The predicted molar refractivity (Wildman–Crippen MR) is 72.7 cm³/mol. The SMILES string of the molecule is NC(=O)C1(NC2CC2)CCCC(Sc2ncco2)C1. The molecule has 1 aromatic rings. The highest BCUT2D eigenvalue weighted by Gasteiger charge is 2.44. The summed E-state index contributed by atoms with van der Waals surface area (Å²) in [5, 5.41) is 4.49. The van der Waals surface area contributed by atoms with Crippen molar-refractivity contribution in [3.8, 4) is 0 Å². The molecule has 6 heteroatoms. The number of nitrogens with one attached hydrogen (secondary N) is 1. The molecule has 0 saturated heterocycles. The zero-order valence-corrected chi connectivity index (χ0v) is 11.6. The number of amides is 1. The normalized spacial score (nSPS) is 31.3. The highest BCUT2D eigenvalue weighted by Crippen LogP contribution is 2.39. The Bertz CT molecular complexity index is 447. The summed E-state index contributed by atoms with van der Waals surface area (Å²) < 4.78 is 5.27. The Morgan fingerprint density at radius 3 is 3.00 bits per heavy atom. The van der Waals surface area contributed by atoms with Gasteiger partial charge < -0.3 is 15.5 Å². The lowest BCUT2D eigenvalue weighted by Crippen LogP contribution is -2.59. The summed E-state index contributed by atoms with van der Waals surface area (Å²) >= 11 is 1.61. The van der Waals surface area contributed by atoms with E-state index in [-0.39, 0.29) is 5.91 Å². The molecule has 5 nitrogen and oxygen atoms in total.